The van der Waals surface area contributed by atoms with Crippen molar-refractivity contribution >= 4 is 5.78 Å². The third-order valence-corrected chi connectivity index (χ3v) is 7.04. The first-order valence-electron chi connectivity index (χ1n) is 11.8. The smallest absolute Gasteiger partial charge is 0.267 e. The number of ketones is 1. The van der Waals surface area contributed by atoms with E-state index >= 15 is 0 Å². The molecule has 2 unspecified atom stereocenters. The standard InChI is InChI=1S/C25H35F3O3/c1-3-5-16-6-8-17(9-7-16)18-10-11-19(31-15-18)14-21(29)20-12-13-22(30-4-2)24(26)23(20)25(27)28/h12-13,16-19,25H,3-11,14-15H2,1-2H3. The number of benzene rings is 1. The van der Waals surface area contributed by atoms with Gasteiger partial charge in [0.05, 0.1) is 24.9 Å². The van der Waals surface area contributed by atoms with Gasteiger partial charge < -0.3 is 9.47 Å². The Morgan fingerprint density at radius 3 is 2.39 bits per heavy atom. The van der Waals surface area contributed by atoms with E-state index in [4.69, 9.17) is 9.47 Å². The molecule has 0 bridgehead atoms. The summed E-state index contributed by atoms with van der Waals surface area (Å²) in [7, 11) is 0. The van der Waals surface area contributed by atoms with E-state index in [2.05, 4.69) is 6.92 Å². The molecule has 0 aromatic heterocycles. The molecule has 31 heavy (non-hydrogen) atoms. The van der Waals surface area contributed by atoms with Crippen molar-refractivity contribution < 1.29 is 27.4 Å². The topological polar surface area (TPSA) is 35.5 Å². The molecule has 1 saturated heterocycles. The molecule has 6 heteroatoms. The summed E-state index contributed by atoms with van der Waals surface area (Å²) >= 11 is 0. The fourth-order valence-corrected chi connectivity index (χ4v) is 5.33. The second kappa shape index (κ2) is 11.3. The molecule has 2 fully saturated rings. The lowest BCUT2D eigenvalue weighted by Crippen LogP contribution is -2.33. The number of halogens is 3. The van der Waals surface area contributed by atoms with Crippen LogP contribution in [0.2, 0.25) is 0 Å². The molecule has 2 aliphatic rings. The van der Waals surface area contributed by atoms with E-state index in [-0.39, 0.29) is 30.4 Å². The molecule has 0 spiro atoms. The fourth-order valence-electron chi connectivity index (χ4n) is 5.33. The third-order valence-electron chi connectivity index (χ3n) is 7.04. The minimum atomic E-state index is -3.08. The molecule has 1 heterocycles. The van der Waals surface area contributed by atoms with Crippen LogP contribution < -0.4 is 4.74 Å². The van der Waals surface area contributed by atoms with Crippen LogP contribution in [-0.4, -0.2) is 25.1 Å². The number of carbonyl (C=O) groups excluding carboxylic acids is 1. The van der Waals surface area contributed by atoms with E-state index < -0.39 is 23.6 Å². The van der Waals surface area contributed by atoms with E-state index in [0.717, 1.165) is 18.8 Å². The van der Waals surface area contributed by atoms with Crippen LogP contribution in [0.5, 0.6) is 5.75 Å². The molecular formula is C25H35F3O3. The molecule has 1 aliphatic carbocycles. The normalized spacial score (nSPS) is 26.8. The van der Waals surface area contributed by atoms with E-state index in [1.165, 1.54) is 50.7 Å². The Morgan fingerprint density at radius 1 is 1.10 bits per heavy atom. The summed E-state index contributed by atoms with van der Waals surface area (Å²) in [6, 6.07) is 2.50. The van der Waals surface area contributed by atoms with Gasteiger partial charge in [0.25, 0.3) is 6.43 Å². The minimum Gasteiger partial charge on any atom is -0.491 e. The van der Waals surface area contributed by atoms with Gasteiger partial charge in [-0.1, -0.05) is 32.6 Å². The summed E-state index contributed by atoms with van der Waals surface area (Å²) < 4.78 is 52.5. The number of ether oxygens (including phenoxy) is 2. The summed E-state index contributed by atoms with van der Waals surface area (Å²) in [5, 5.41) is 0. The van der Waals surface area contributed by atoms with E-state index in [9.17, 15) is 18.0 Å². The van der Waals surface area contributed by atoms with Gasteiger partial charge in [0.1, 0.15) is 0 Å². The quantitative estimate of drug-likeness (QED) is 0.383. The Bertz CT molecular complexity index is 721. The Morgan fingerprint density at radius 2 is 1.81 bits per heavy atom. The molecule has 0 N–H and O–H groups in total. The van der Waals surface area contributed by atoms with Crippen LogP contribution in [-0.2, 0) is 4.74 Å². The zero-order valence-corrected chi connectivity index (χ0v) is 18.7. The number of alkyl halides is 2. The number of hydrogen-bond acceptors (Lipinski definition) is 3. The number of Topliss-reactive ketones (excluding diaryl/α,β-unsaturated/α-hetero) is 1. The van der Waals surface area contributed by atoms with Gasteiger partial charge in [-0.05, 0) is 62.5 Å². The predicted molar refractivity (Wildman–Crippen MR) is 114 cm³/mol. The van der Waals surface area contributed by atoms with Gasteiger partial charge in [-0.15, -0.1) is 0 Å². The average molecular weight is 441 g/mol. The summed E-state index contributed by atoms with van der Waals surface area (Å²) in [6.45, 7) is 4.67. The van der Waals surface area contributed by atoms with Crippen molar-refractivity contribution in [2.75, 3.05) is 13.2 Å². The highest BCUT2D eigenvalue weighted by molar-refractivity contribution is 5.98. The molecule has 0 amide bonds. The molecule has 3 nitrogen and oxygen atoms in total. The maximum Gasteiger partial charge on any atom is 0.267 e. The highest BCUT2D eigenvalue weighted by atomic mass is 19.3. The van der Waals surface area contributed by atoms with E-state index in [0.29, 0.717) is 18.4 Å². The molecule has 1 aromatic rings. The number of rotatable bonds is 9. The molecule has 1 aromatic carbocycles. The largest absolute Gasteiger partial charge is 0.491 e. The SMILES string of the molecule is CCCC1CCC(C2CCC(CC(=O)c3ccc(OCC)c(F)c3C(F)F)OC2)CC1. The lowest BCUT2D eigenvalue weighted by molar-refractivity contribution is -0.0387. The van der Waals surface area contributed by atoms with Gasteiger partial charge in [0.2, 0.25) is 0 Å². The van der Waals surface area contributed by atoms with Crippen LogP contribution in [0, 0.1) is 23.6 Å². The molecule has 2 atom stereocenters. The van der Waals surface area contributed by atoms with Gasteiger partial charge in [-0.3, -0.25) is 4.79 Å². The van der Waals surface area contributed by atoms with Crippen LogP contribution in [0.3, 0.4) is 0 Å². The van der Waals surface area contributed by atoms with Crippen molar-refractivity contribution in [1.82, 2.24) is 0 Å². The summed E-state index contributed by atoms with van der Waals surface area (Å²) in [4.78, 5) is 12.7. The van der Waals surface area contributed by atoms with Crippen LogP contribution in [0.25, 0.3) is 0 Å². The third kappa shape index (κ3) is 6.03. The van der Waals surface area contributed by atoms with Gasteiger partial charge in [0.15, 0.2) is 17.3 Å². The molecule has 174 valence electrons. The highest BCUT2D eigenvalue weighted by Gasteiger charge is 2.33. The molecule has 1 saturated carbocycles. The van der Waals surface area contributed by atoms with Crippen molar-refractivity contribution in [3.63, 3.8) is 0 Å². The highest BCUT2D eigenvalue weighted by Crippen LogP contribution is 2.39. The Kier molecular flexibility index (Phi) is 8.82. The van der Waals surface area contributed by atoms with Crippen LogP contribution >= 0.6 is 0 Å². The summed E-state index contributed by atoms with van der Waals surface area (Å²) in [5.74, 6) is 0.185. The van der Waals surface area contributed by atoms with E-state index in [1.54, 1.807) is 6.92 Å². The van der Waals surface area contributed by atoms with Crippen molar-refractivity contribution in [1.29, 1.82) is 0 Å². The van der Waals surface area contributed by atoms with E-state index in [1.807, 2.05) is 0 Å². The first-order valence-corrected chi connectivity index (χ1v) is 11.8. The second-order valence-electron chi connectivity index (χ2n) is 9.06. The zero-order valence-electron chi connectivity index (χ0n) is 18.7. The number of hydrogen-bond donors (Lipinski definition) is 0. The maximum absolute atomic E-state index is 14.5. The van der Waals surface area contributed by atoms with Gasteiger partial charge in [0, 0.05) is 12.0 Å². The minimum absolute atomic E-state index is 0.00308. The van der Waals surface area contributed by atoms with Crippen molar-refractivity contribution in [3.8, 4) is 5.75 Å². The fraction of sp³-hybridized carbons (Fsp3) is 0.720. The monoisotopic (exact) mass is 440 g/mol. The second-order valence-corrected chi connectivity index (χ2v) is 9.06. The predicted octanol–water partition coefficient (Wildman–Crippen LogP) is 7.14. The van der Waals surface area contributed by atoms with Gasteiger partial charge in [-0.25, -0.2) is 13.2 Å². The van der Waals surface area contributed by atoms with Gasteiger partial charge in [-0.2, -0.15) is 0 Å². The lowest BCUT2D eigenvalue weighted by atomic mass is 9.73. The Balaban J connectivity index is 1.55. The Hall–Kier alpha value is -1.56. The number of carbonyl (C=O) groups is 1. The van der Waals surface area contributed by atoms with Crippen molar-refractivity contribution in [3.05, 3.63) is 29.1 Å². The molecule has 0 radical (unpaired) electrons. The maximum atomic E-state index is 14.5. The molecule has 1 aliphatic heterocycles. The summed E-state index contributed by atoms with van der Waals surface area (Å²) in [6.07, 6.45) is 6.07. The molecule has 3 rings (SSSR count). The van der Waals surface area contributed by atoms with Crippen molar-refractivity contribution in [2.45, 2.75) is 84.2 Å². The van der Waals surface area contributed by atoms with Crippen LogP contribution in [0.4, 0.5) is 13.2 Å². The van der Waals surface area contributed by atoms with Gasteiger partial charge >= 0.3 is 0 Å². The molecular weight excluding hydrogens is 405 g/mol. The Labute approximate surface area is 183 Å². The first kappa shape index (κ1) is 24.1. The zero-order chi connectivity index (χ0) is 22.4. The summed E-state index contributed by atoms with van der Waals surface area (Å²) in [5.41, 5.74) is -1.13. The van der Waals surface area contributed by atoms with Crippen molar-refractivity contribution in [2.24, 2.45) is 17.8 Å². The van der Waals surface area contributed by atoms with Crippen LogP contribution in [0.15, 0.2) is 12.1 Å². The lowest BCUT2D eigenvalue weighted by Gasteiger charge is -2.37. The first-order chi connectivity index (χ1) is 14.9. The van der Waals surface area contributed by atoms with Crippen LogP contribution in [0.1, 0.15) is 94.0 Å². The average Bonchev–Trinajstić information content (AvgIpc) is 2.76.